The molecule has 0 heterocycles. The lowest BCUT2D eigenvalue weighted by Crippen LogP contribution is -2.19. The Morgan fingerprint density at radius 3 is 2.67 bits per heavy atom. The smallest absolute Gasteiger partial charge is 0.305 e. The van der Waals surface area contributed by atoms with E-state index in [0.29, 0.717) is 0 Å². The number of rotatable bonds is 4. The van der Waals surface area contributed by atoms with E-state index in [1.807, 2.05) is 32.0 Å². The Morgan fingerprint density at radius 2 is 2.13 bits per heavy atom. The molecule has 82 valence electrons. The van der Waals surface area contributed by atoms with Crippen molar-refractivity contribution in [3.63, 3.8) is 0 Å². The molecule has 4 heteroatoms. The van der Waals surface area contributed by atoms with Gasteiger partial charge in [-0.25, -0.2) is 0 Å². The summed E-state index contributed by atoms with van der Waals surface area (Å²) in [5.41, 5.74) is 8.10. The minimum atomic E-state index is -0.862. The van der Waals surface area contributed by atoms with Crippen LogP contribution in [0.2, 0.25) is 0 Å². The number of carboxylic acid groups (broad SMARTS) is 1. The van der Waals surface area contributed by atoms with Gasteiger partial charge >= 0.3 is 5.97 Å². The summed E-state index contributed by atoms with van der Waals surface area (Å²) in [5.74, 6) is -0.862. The van der Waals surface area contributed by atoms with E-state index in [4.69, 9.17) is 10.8 Å². The summed E-state index contributed by atoms with van der Waals surface area (Å²) in [4.78, 5) is 11.4. The lowest BCUT2D eigenvalue weighted by atomic mass is 10.1. The summed E-state index contributed by atoms with van der Waals surface area (Å²) in [7, 11) is 0. The summed E-state index contributed by atoms with van der Waals surface area (Å²) in [5, 5.41) is 8.18. The van der Waals surface area contributed by atoms with E-state index in [1.54, 1.807) is 0 Å². The van der Waals surface area contributed by atoms with Gasteiger partial charge in [-0.15, -0.1) is 11.8 Å². The third-order valence-electron chi connectivity index (χ3n) is 2.14. The van der Waals surface area contributed by atoms with Crippen LogP contribution in [0, 0.1) is 13.8 Å². The van der Waals surface area contributed by atoms with E-state index >= 15 is 0 Å². The third kappa shape index (κ3) is 3.93. The molecule has 0 bridgehead atoms. The average Bonchev–Trinajstić information content (AvgIpc) is 2.10. The van der Waals surface area contributed by atoms with Crippen LogP contribution in [0.15, 0.2) is 23.1 Å². The van der Waals surface area contributed by atoms with Gasteiger partial charge in [-0.3, -0.25) is 4.79 Å². The highest BCUT2D eigenvalue weighted by Gasteiger charge is 2.09. The number of thioether (sulfide) groups is 1. The lowest BCUT2D eigenvalue weighted by molar-refractivity contribution is -0.136. The van der Waals surface area contributed by atoms with Crippen LogP contribution in [-0.2, 0) is 4.79 Å². The molecule has 0 saturated heterocycles. The number of aryl methyl sites for hydroxylation is 2. The molecule has 1 rings (SSSR count). The van der Waals surface area contributed by atoms with Crippen LogP contribution < -0.4 is 5.73 Å². The molecule has 0 aliphatic heterocycles. The predicted octanol–water partition coefficient (Wildman–Crippen LogP) is 2.16. The topological polar surface area (TPSA) is 63.3 Å². The third-order valence-corrected chi connectivity index (χ3v) is 3.14. The van der Waals surface area contributed by atoms with Crippen molar-refractivity contribution in [3.05, 3.63) is 29.3 Å². The molecule has 0 saturated carbocycles. The minimum Gasteiger partial charge on any atom is -0.481 e. The van der Waals surface area contributed by atoms with Gasteiger partial charge in [0.2, 0.25) is 0 Å². The Kier molecular flexibility index (Phi) is 4.17. The Morgan fingerprint density at radius 1 is 1.47 bits per heavy atom. The van der Waals surface area contributed by atoms with Crippen LogP contribution in [0.5, 0.6) is 0 Å². The molecule has 0 fully saturated rings. The van der Waals surface area contributed by atoms with Gasteiger partial charge in [-0.2, -0.15) is 0 Å². The van der Waals surface area contributed by atoms with Crippen LogP contribution in [0.3, 0.4) is 0 Å². The Bertz CT molecular complexity index is 366. The van der Waals surface area contributed by atoms with Crippen molar-refractivity contribution in [2.75, 3.05) is 0 Å². The fraction of sp³-hybridized carbons (Fsp3) is 0.364. The Balaban J connectivity index is 2.64. The summed E-state index contributed by atoms with van der Waals surface area (Å²) in [6.07, 6.45) is -0.0163. The number of aliphatic carboxylic acids is 1. The normalized spacial score (nSPS) is 12.5. The van der Waals surface area contributed by atoms with Crippen LogP contribution in [0.1, 0.15) is 17.5 Å². The molecule has 1 aromatic carbocycles. The van der Waals surface area contributed by atoms with Crippen LogP contribution in [0.25, 0.3) is 0 Å². The van der Waals surface area contributed by atoms with E-state index in [0.717, 1.165) is 4.90 Å². The van der Waals surface area contributed by atoms with E-state index < -0.39 is 5.97 Å². The molecule has 15 heavy (non-hydrogen) atoms. The monoisotopic (exact) mass is 225 g/mol. The number of benzene rings is 1. The molecule has 3 nitrogen and oxygen atoms in total. The van der Waals surface area contributed by atoms with Gasteiger partial charge in [0.1, 0.15) is 0 Å². The van der Waals surface area contributed by atoms with Crippen molar-refractivity contribution in [1.82, 2.24) is 0 Å². The van der Waals surface area contributed by atoms with Crippen molar-refractivity contribution < 1.29 is 9.90 Å². The molecule has 0 spiro atoms. The van der Waals surface area contributed by atoms with Crippen molar-refractivity contribution in [3.8, 4) is 0 Å². The zero-order valence-corrected chi connectivity index (χ0v) is 9.67. The molecule has 1 aromatic rings. The van der Waals surface area contributed by atoms with Gasteiger partial charge in [0, 0.05) is 4.90 Å². The first-order valence-electron chi connectivity index (χ1n) is 4.70. The van der Waals surface area contributed by atoms with E-state index in [1.165, 1.54) is 22.9 Å². The van der Waals surface area contributed by atoms with Gasteiger partial charge < -0.3 is 10.8 Å². The minimum absolute atomic E-state index is 0.0163. The molecule has 0 amide bonds. The highest BCUT2D eigenvalue weighted by molar-refractivity contribution is 7.99. The van der Waals surface area contributed by atoms with Gasteiger partial charge in [-0.1, -0.05) is 6.07 Å². The van der Waals surface area contributed by atoms with Crippen molar-refractivity contribution in [2.45, 2.75) is 30.5 Å². The first kappa shape index (κ1) is 12.1. The van der Waals surface area contributed by atoms with Gasteiger partial charge in [0.25, 0.3) is 0 Å². The van der Waals surface area contributed by atoms with E-state index in [2.05, 4.69) is 0 Å². The van der Waals surface area contributed by atoms with Crippen LogP contribution in [-0.4, -0.2) is 16.4 Å². The van der Waals surface area contributed by atoms with Crippen LogP contribution >= 0.6 is 11.8 Å². The number of hydrogen-bond donors (Lipinski definition) is 2. The molecule has 3 N–H and O–H groups in total. The maximum atomic E-state index is 10.4. The molecule has 1 unspecified atom stereocenters. The zero-order valence-electron chi connectivity index (χ0n) is 8.86. The van der Waals surface area contributed by atoms with E-state index in [-0.39, 0.29) is 11.8 Å². The first-order valence-corrected chi connectivity index (χ1v) is 5.58. The molecule has 1 atom stereocenters. The largest absolute Gasteiger partial charge is 0.481 e. The number of carbonyl (C=O) groups is 1. The summed E-state index contributed by atoms with van der Waals surface area (Å²) >= 11 is 1.39. The molecule has 0 aliphatic rings. The highest BCUT2D eigenvalue weighted by atomic mass is 32.2. The summed E-state index contributed by atoms with van der Waals surface area (Å²) < 4.78 is 0. The number of nitrogens with two attached hydrogens (primary N) is 1. The lowest BCUT2D eigenvalue weighted by Gasteiger charge is -2.09. The SMILES string of the molecule is Cc1ccc(SC(N)CC(=O)O)cc1C. The number of carboxylic acids is 1. The maximum absolute atomic E-state index is 10.4. The Labute approximate surface area is 93.7 Å². The fourth-order valence-electron chi connectivity index (χ4n) is 1.18. The maximum Gasteiger partial charge on any atom is 0.305 e. The van der Waals surface area contributed by atoms with Gasteiger partial charge in [0.05, 0.1) is 11.8 Å². The quantitative estimate of drug-likeness (QED) is 0.609. The molecular formula is C11H15NO2S. The van der Waals surface area contributed by atoms with Crippen molar-refractivity contribution in [2.24, 2.45) is 5.73 Å². The molecule has 0 radical (unpaired) electrons. The van der Waals surface area contributed by atoms with Crippen molar-refractivity contribution >= 4 is 17.7 Å². The standard InChI is InChI=1S/C11H15NO2S/c1-7-3-4-9(5-8(7)2)15-10(12)6-11(13)14/h3-5,10H,6,12H2,1-2H3,(H,13,14). The van der Waals surface area contributed by atoms with E-state index in [9.17, 15) is 4.79 Å². The highest BCUT2D eigenvalue weighted by Crippen LogP contribution is 2.24. The molecule has 0 aromatic heterocycles. The zero-order chi connectivity index (χ0) is 11.4. The Hall–Kier alpha value is -1.00. The second-order valence-corrected chi connectivity index (χ2v) is 4.81. The van der Waals surface area contributed by atoms with Crippen LogP contribution in [0.4, 0.5) is 0 Å². The van der Waals surface area contributed by atoms with Gasteiger partial charge in [-0.05, 0) is 37.1 Å². The second kappa shape index (κ2) is 5.19. The first-order chi connectivity index (χ1) is 6.99. The van der Waals surface area contributed by atoms with Crippen molar-refractivity contribution in [1.29, 1.82) is 0 Å². The number of hydrogen-bond acceptors (Lipinski definition) is 3. The predicted molar refractivity (Wildman–Crippen MR) is 62.0 cm³/mol. The van der Waals surface area contributed by atoms with Gasteiger partial charge in [0.15, 0.2) is 0 Å². The molecule has 0 aliphatic carbocycles. The summed E-state index contributed by atoms with van der Waals surface area (Å²) in [6, 6.07) is 6.02. The summed E-state index contributed by atoms with van der Waals surface area (Å²) in [6.45, 7) is 4.07. The average molecular weight is 225 g/mol. The fourth-order valence-corrected chi connectivity index (χ4v) is 2.14. The second-order valence-electron chi connectivity index (χ2n) is 3.50. The molecular weight excluding hydrogens is 210 g/mol.